The maximum absolute atomic E-state index is 12.2. The van der Waals surface area contributed by atoms with Crippen molar-refractivity contribution in [3.8, 4) is 22.5 Å². The summed E-state index contributed by atoms with van der Waals surface area (Å²) in [5.74, 6) is 0.365. The molecule has 4 aromatic rings. The van der Waals surface area contributed by atoms with Crippen molar-refractivity contribution in [2.24, 2.45) is 0 Å². The van der Waals surface area contributed by atoms with Gasteiger partial charge in [-0.3, -0.25) is 0 Å². The van der Waals surface area contributed by atoms with Gasteiger partial charge in [0.2, 0.25) is 0 Å². The molecule has 3 aromatic carbocycles. The zero-order valence-electron chi connectivity index (χ0n) is 20.2. The Balaban J connectivity index is 1.23. The molecule has 0 unspecified atom stereocenters. The van der Waals surface area contributed by atoms with Crippen LogP contribution in [0.3, 0.4) is 0 Å². The molecule has 36 heavy (non-hydrogen) atoms. The minimum absolute atomic E-state index is 0.187. The van der Waals surface area contributed by atoms with Gasteiger partial charge in [0, 0.05) is 24.3 Å². The van der Waals surface area contributed by atoms with Crippen LogP contribution in [0.15, 0.2) is 66.7 Å². The molecule has 1 saturated heterocycles. The van der Waals surface area contributed by atoms with Gasteiger partial charge in [-0.15, -0.1) is 0 Å². The van der Waals surface area contributed by atoms with E-state index in [1.807, 2.05) is 48.5 Å². The number of esters is 1. The van der Waals surface area contributed by atoms with Crippen LogP contribution in [0.2, 0.25) is 0 Å². The first-order chi connectivity index (χ1) is 17.6. The lowest BCUT2D eigenvalue weighted by Gasteiger charge is -2.15. The van der Waals surface area contributed by atoms with Crippen molar-refractivity contribution >= 4 is 28.7 Å². The zero-order chi connectivity index (χ0) is 24.9. The monoisotopic (exact) mass is 483 g/mol. The Hall–Kier alpha value is -4.17. The lowest BCUT2D eigenvalue weighted by atomic mass is 10.0. The summed E-state index contributed by atoms with van der Waals surface area (Å²) in [5.41, 5.74) is 5.98. The lowest BCUT2D eigenvalue weighted by molar-refractivity contribution is 0.0600. The number of imidazole rings is 1. The second-order valence-electron chi connectivity index (χ2n) is 8.89. The molecule has 184 valence electrons. The minimum atomic E-state index is -0.366. The SMILES string of the molecule is COC(=O)c1ccc(-c2nc3ccc(-c4ccc(NC(=O)NCCN5CCCC5)cc4)cc3[nH]2)cc1. The second-order valence-corrected chi connectivity index (χ2v) is 8.89. The number of hydrogen-bond acceptors (Lipinski definition) is 5. The average Bonchev–Trinajstić information content (AvgIpc) is 3.58. The van der Waals surface area contributed by atoms with Gasteiger partial charge in [0.15, 0.2) is 0 Å². The van der Waals surface area contributed by atoms with Crippen LogP contribution in [0.25, 0.3) is 33.5 Å². The van der Waals surface area contributed by atoms with E-state index in [0.29, 0.717) is 12.1 Å². The fourth-order valence-electron chi connectivity index (χ4n) is 4.46. The maximum Gasteiger partial charge on any atom is 0.337 e. The quantitative estimate of drug-likeness (QED) is 0.325. The Morgan fingerprint density at radius 3 is 2.36 bits per heavy atom. The number of carbonyl (C=O) groups excluding carboxylic acids is 2. The molecule has 0 radical (unpaired) electrons. The van der Waals surface area contributed by atoms with Crippen LogP contribution in [0, 0.1) is 0 Å². The number of carbonyl (C=O) groups is 2. The number of ether oxygens (including phenoxy) is 1. The summed E-state index contributed by atoms with van der Waals surface area (Å²) in [6.45, 7) is 3.79. The van der Waals surface area contributed by atoms with E-state index in [9.17, 15) is 9.59 Å². The molecule has 1 aromatic heterocycles. The highest BCUT2D eigenvalue weighted by atomic mass is 16.5. The first kappa shape index (κ1) is 23.6. The Morgan fingerprint density at radius 2 is 1.64 bits per heavy atom. The first-order valence-corrected chi connectivity index (χ1v) is 12.2. The highest BCUT2D eigenvalue weighted by Gasteiger charge is 2.12. The minimum Gasteiger partial charge on any atom is -0.465 e. The summed E-state index contributed by atoms with van der Waals surface area (Å²) < 4.78 is 4.76. The molecule has 0 saturated carbocycles. The molecular formula is C28H29N5O3. The predicted molar refractivity (Wildman–Crippen MR) is 141 cm³/mol. The molecule has 2 amide bonds. The van der Waals surface area contributed by atoms with Crippen LogP contribution < -0.4 is 10.6 Å². The third-order valence-corrected chi connectivity index (χ3v) is 6.45. The summed E-state index contributed by atoms with van der Waals surface area (Å²) in [6, 6.07) is 20.8. The van der Waals surface area contributed by atoms with E-state index >= 15 is 0 Å². The molecule has 1 aliphatic rings. The van der Waals surface area contributed by atoms with Gasteiger partial charge in [-0.1, -0.05) is 30.3 Å². The van der Waals surface area contributed by atoms with E-state index in [4.69, 9.17) is 4.74 Å². The smallest absolute Gasteiger partial charge is 0.337 e. The van der Waals surface area contributed by atoms with Gasteiger partial charge < -0.3 is 25.3 Å². The molecule has 5 rings (SSSR count). The molecule has 3 N–H and O–H groups in total. The van der Waals surface area contributed by atoms with Crippen LogP contribution in [0.1, 0.15) is 23.2 Å². The average molecular weight is 484 g/mol. The van der Waals surface area contributed by atoms with Gasteiger partial charge in [0.05, 0.1) is 23.7 Å². The number of fused-ring (bicyclic) bond motifs is 1. The standard InChI is InChI=1S/C28H29N5O3/c1-36-27(34)21-6-4-20(5-7-21)26-31-24-13-10-22(18-25(24)32-26)19-8-11-23(12-9-19)30-28(35)29-14-17-33-15-2-3-16-33/h4-13,18H,2-3,14-17H2,1H3,(H,31,32)(H2,29,30,35). The molecular weight excluding hydrogens is 454 g/mol. The number of benzene rings is 3. The van der Waals surface area contributed by atoms with Crippen molar-refractivity contribution in [1.82, 2.24) is 20.2 Å². The van der Waals surface area contributed by atoms with Gasteiger partial charge in [0.1, 0.15) is 5.82 Å². The molecule has 0 aliphatic carbocycles. The number of urea groups is 1. The van der Waals surface area contributed by atoms with E-state index in [0.717, 1.165) is 58.9 Å². The highest BCUT2D eigenvalue weighted by Crippen LogP contribution is 2.27. The molecule has 1 fully saturated rings. The molecule has 0 spiro atoms. The van der Waals surface area contributed by atoms with E-state index in [2.05, 4.69) is 31.6 Å². The normalized spacial score (nSPS) is 13.6. The van der Waals surface area contributed by atoms with Crippen molar-refractivity contribution in [3.05, 3.63) is 72.3 Å². The van der Waals surface area contributed by atoms with Gasteiger partial charge >= 0.3 is 12.0 Å². The van der Waals surface area contributed by atoms with Gasteiger partial charge in [-0.25, -0.2) is 14.6 Å². The van der Waals surface area contributed by atoms with E-state index in [-0.39, 0.29) is 12.0 Å². The number of aromatic nitrogens is 2. The molecule has 0 atom stereocenters. The van der Waals surface area contributed by atoms with Crippen LogP contribution in [-0.2, 0) is 4.74 Å². The molecule has 2 heterocycles. The maximum atomic E-state index is 12.2. The van der Waals surface area contributed by atoms with Crippen molar-refractivity contribution in [1.29, 1.82) is 0 Å². The number of methoxy groups -OCH3 is 1. The number of amides is 2. The Bertz CT molecular complexity index is 1360. The van der Waals surface area contributed by atoms with Gasteiger partial charge in [-0.2, -0.15) is 0 Å². The number of anilines is 1. The largest absolute Gasteiger partial charge is 0.465 e. The third-order valence-electron chi connectivity index (χ3n) is 6.45. The Labute approximate surface area is 209 Å². The number of nitrogens with zero attached hydrogens (tertiary/aromatic N) is 2. The number of H-pyrrole nitrogens is 1. The Kier molecular flexibility index (Phi) is 6.95. The fourth-order valence-corrected chi connectivity index (χ4v) is 4.46. The number of nitrogens with one attached hydrogen (secondary N) is 3. The number of rotatable bonds is 7. The zero-order valence-corrected chi connectivity index (χ0v) is 20.2. The van der Waals surface area contributed by atoms with E-state index in [1.54, 1.807) is 12.1 Å². The van der Waals surface area contributed by atoms with Crippen molar-refractivity contribution in [3.63, 3.8) is 0 Å². The van der Waals surface area contributed by atoms with E-state index in [1.165, 1.54) is 20.0 Å². The van der Waals surface area contributed by atoms with Crippen molar-refractivity contribution in [2.45, 2.75) is 12.8 Å². The van der Waals surface area contributed by atoms with E-state index < -0.39 is 0 Å². The van der Waals surface area contributed by atoms with Crippen LogP contribution in [0.4, 0.5) is 10.5 Å². The van der Waals surface area contributed by atoms with Gasteiger partial charge in [0.25, 0.3) is 0 Å². The number of likely N-dealkylation sites (tertiary alicyclic amines) is 1. The summed E-state index contributed by atoms with van der Waals surface area (Å²) in [5, 5.41) is 5.82. The summed E-state index contributed by atoms with van der Waals surface area (Å²) in [4.78, 5) is 34.3. The molecule has 0 bridgehead atoms. The van der Waals surface area contributed by atoms with Crippen molar-refractivity contribution < 1.29 is 14.3 Å². The number of hydrogen-bond donors (Lipinski definition) is 3. The molecule has 8 nitrogen and oxygen atoms in total. The molecule has 8 heteroatoms. The lowest BCUT2D eigenvalue weighted by Crippen LogP contribution is -2.35. The topological polar surface area (TPSA) is 99.3 Å². The highest BCUT2D eigenvalue weighted by molar-refractivity contribution is 5.91. The van der Waals surface area contributed by atoms with Gasteiger partial charge in [-0.05, 0) is 73.5 Å². The van der Waals surface area contributed by atoms with Crippen LogP contribution in [0.5, 0.6) is 0 Å². The van der Waals surface area contributed by atoms with Crippen molar-refractivity contribution in [2.75, 3.05) is 38.6 Å². The summed E-state index contributed by atoms with van der Waals surface area (Å²) in [7, 11) is 1.37. The number of aromatic amines is 1. The predicted octanol–water partition coefficient (Wildman–Crippen LogP) is 4.90. The molecule has 1 aliphatic heterocycles. The summed E-state index contributed by atoms with van der Waals surface area (Å²) >= 11 is 0. The third kappa shape index (κ3) is 5.39. The van der Waals surface area contributed by atoms with Crippen LogP contribution in [-0.4, -0.2) is 60.2 Å². The second kappa shape index (κ2) is 10.6. The fraction of sp³-hybridized carbons (Fsp3) is 0.250. The van der Waals surface area contributed by atoms with Crippen LogP contribution >= 0.6 is 0 Å². The summed E-state index contributed by atoms with van der Waals surface area (Å²) in [6.07, 6.45) is 2.50. The first-order valence-electron chi connectivity index (χ1n) is 12.2. The Morgan fingerprint density at radius 1 is 0.944 bits per heavy atom.